The number of H-pyrrole nitrogens is 1. The third-order valence-electron chi connectivity index (χ3n) is 4.36. The number of carboxylic acid groups (broad SMARTS) is 1. The van der Waals surface area contributed by atoms with E-state index < -0.39 is 5.97 Å². The second kappa shape index (κ2) is 5.43. The number of aromatic carboxylic acids is 1. The molecule has 116 valence electrons. The minimum absolute atomic E-state index is 0.258. The van der Waals surface area contributed by atoms with Gasteiger partial charge in [-0.15, -0.1) is 0 Å². The molecule has 2 aromatic heterocycles. The second-order valence-corrected chi connectivity index (χ2v) is 5.79. The summed E-state index contributed by atoms with van der Waals surface area (Å²) in [4.78, 5) is 18.8. The molecule has 4 rings (SSSR count). The van der Waals surface area contributed by atoms with Crippen molar-refractivity contribution < 1.29 is 14.6 Å². The van der Waals surface area contributed by atoms with E-state index in [0.717, 1.165) is 24.3 Å². The summed E-state index contributed by atoms with van der Waals surface area (Å²) in [5, 5.41) is 9.28. The molecule has 0 radical (unpaired) electrons. The van der Waals surface area contributed by atoms with Gasteiger partial charge in [0.1, 0.15) is 5.75 Å². The van der Waals surface area contributed by atoms with Crippen molar-refractivity contribution in [2.75, 3.05) is 6.61 Å². The molecule has 3 aromatic rings. The number of hydrogen-bond acceptors (Lipinski definition) is 3. The normalized spacial score (nSPS) is 16.8. The summed E-state index contributed by atoms with van der Waals surface area (Å²) in [5.41, 5.74) is 3.76. The summed E-state index contributed by atoms with van der Waals surface area (Å²) < 4.78 is 5.70. The van der Waals surface area contributed by atoms with Gasteiger partial charge in [0.25, 0.3) is 0 Å². The molecule has 0 saturated carbocycles. The molecule has 0 saturated heterocycles. The molecular weight excluding hydrogens is 292 g/mol. The highest BCUT2D eigenvalue weighted by Crippen LogP contribution is 2.35. The Morgan fingerprint density at radius 1 is 1.35 bits per heavy atom. The summed E-state index contributed by atoms with van der Waals surface area (Å²) in [6.45, 7) is 0.709. The van der Waals surface area contributed by atoms with Crippen molar-refractivity contribution in [1.29, 1.82) is 0 Å². The van der Waals surface area contributed by atoms with E-state index in [4.69, 9.17) is 4.74 Å². The number of ether oxygens (including phenoxy) is 1. The van der Waals surface area contributed by atoms with E-state index in [1.165, 1.54) is 17.8 Å². The number of pyridine rings is 1. The molecule has 5 nitrogen and oxygen atoms in total. The smallest absolute Gasteiger partial charge is 0.337 e. The summed E-state index contributed by atoms with van der Waals surface area (Å²) in [5.74, 6) is 0.368. The number of aromatic nitrogens is 2. The van der Waals surface area contributed by atoms with Gasteiger partial charge in [0.15, 0.2) is 0 Å². The molecule has 0 amide bonds. The Morgan fingerprint density at radius 3 is 3.09 bits per heavy atom. The molecule has 3 heterocycles. The number of aromatic amines is 1. The molecule has 1 atom stereocenters. The monoisotopic (exact) mass is 308 g/mol. The second-order valence-electron chi connectivity index (χ2n) is 5.79. The van der Waals surface area contributed by atoms with Crippen LogP contribution in [0.25, 0.3) is 11.0 Å². The molecule has 1 aliphatic rings. The number of carbonyl (C=O) groups is 1. The van der Waals surface area contributed by atoms with Crippen molar-refractivity contribution in [3.63, 3.8) is 0 Å². The van der Waals surface area contributed by atoms with E-state index in [-0.39, 0.29) is 5.56 Å². The Balaban J connectivity index is 1.69. The van der Waals surface area contributed by atoms with Crippen LogP contribution in [0.5, 0.6) is 5.75 Å². The Labute approximate surface area is 132 Å². The van der Waals surface area contributed by atoms with Crippen LogP contribution in [0, 0.1) is 0 Å². The van der Waals surface area contributed by atoms with Gasteiger partial charge in [-0.1, -0.05) is 18.2 Å². The molecule has 23 heavy (non-hydrogen) atoms. The lowest BCUT2D eigenvalue weighted by molar-refractivity contribution is 0.0698. The van der Waals surface area contributed by atoms with Gasteiger partial charge in [0.2, 0.25) is 0 Å². The van der Waals surface area contributed by atoms with Crippen LogP contribution in [0.4, 0.5) is 0 Å². The fourth-order valence-corrected chi connectivity index (χ4v) is 3.26. The highest BCUT2D eigenvalue weighted by atomic mass is 16.5. The van der Waals surface area contributed by atoms with Gasteiger partial charge in [-0.2, -0.15) is 0 Å². The van der Waals surface area contributed by atoms with Gasteiger partial charge in [-0.25, -0.2) is 4.79 Å². The maximum Gasteiger partial charge on any atom is 0.337 e. The highest BCUT2D eigenvalue weighted by molar-refractivity contribution is 6.00. The lowest BCUT2D eigenvalue weighted by Gasteiger charge is -2.25. The van der Waals surface area contributed by atoms with Gasteiger partial charge in [-0.05, 0) is 42.5 Å². The van der Waals surface area contributed by atoms with Crippen LogP contribution in [0.1, 0.15) is 34.0 Å². The molecule has 1 aromatic carbocycles. The van der Waals surface area contributed by atoms with E-state index in [2.05, 4.69) is 16.0 Å². The molecule has 1 aliphatic heterocycles. The number of hydrogen-bond donors (Lipinski definition) is 2. The van der Waals surface area contributed by atoms with Crippen LogP contribution in [-0.4, -0.2) is 27.7 Å². The zero-order valence-corrected chi connectivity index (χ0v) is 12.5. The molecule has 0 spiro atoms. The number of fused-ring (bicyclic) bond motifs is 2. The van der Waals surface area contributed by atoms with E-state index in [9.17, 15) is 9.90 Å². The average Bonchev–Trinajstić information content (AvgIpc) is 2.97. The van der Waals surface area contributed by atoms with Crippen LogP contribution in [0.15, 0.2) is 42.6 Å². The first-order valence-electron chi connectivity index (χ1n) is 7.64. The lowest BCUT2D eigenvalue weighted by Crippen LogP contribution is -2.16. The van der Waals surface area contributed by atoms with Gasteiger partial charge in [-0.3, -0.25) is 4.98 Å². The topological polar surface area (TPSA) is 75.2 Å². The average molecular weight is 308 g/mol. The highest BCUT2D eigenvalue weighted by Gasteiger charge is 2.22. The molecule has 0 bridgehead atoms. The predicted octanol–water partition coefficient (Wildman–Crippen LogP) is 3.37. The van der Waals surface area contributed by atoms with Gasteiger partial charge >= 0.3 is 5.97 Å². The molecule has 1 unspecified atom stereocenters. The first-order chi connectivity index (χ1) is 11.2. The Bertz CT molecular complexity index is 885. The van der Waals surface area contributed by atoms with Crippen LogP contribution in [0.3, 0.4) is 0 Å². The van der Waals surface area contributed by atoms with Crippen molar-refractivity contribution in [3.8, 4) is 5.75 Å². The number of nitrogens with one attached hydrogen (secondary N) is 1. The number of benzene rings is 1. The van der Waals surface area contributed by atoms with Crippen molar-refractivity contribution in [1.82, 2.24) is 9.97 Å². The summed E-state index contributed by atoms with van der Waals surface area (Å²) in [6.07, 6.45) is 3.30. The minimum atomic E-state index is -0.942. The van der Waals surface area contributed by atoms with Crippen molar-refractivity contribution >= 4 is 17.0 Å². The summed E-state index contributed by atoms with van der Waals surface area (Å²) >= 11 is 0. The van der Waals surface area contributed by atoms with Crippen LogP contribution >= 0.6 is 0 Å². The Morgan fingerprint density at radius 2 is 2.22 bits per heavy atom. The first-order valence-corrected chi connectivity index (χ1v) is 7.64. The van der Waals surface area contributed by atoms with E-state index >= 15 is 0 Å². The zero-order chi connectivity index (χ0) is 15.8. The quantitative estimate of drug-likeness (QED) is 0.778. The number of carboxylic acids is 1. The van der Waals surface area contributed by atoms with Crippen LogP contribution < -0.4 is 4.74 Å². The number of nitrogens with zero attached hydrogens (tertiary/aromatic N) is 1. The van der Waals surface area contributed by atoms with Crippen LogP contribution in [-0.2, 0) is 6.42 Å². The molecule has 0 aliphatic carbocycles. The molecule has 0 fully saturated rings. The molecule has 5 heteroatoms. The van der Waals surface area contributed by atoms with Gasteiger partial charge in [0.05, 0.1) is 23.2 Å². The van der Waals surface area contributed by atoms with Crippen molar-refractivity contribution in [3.05, 3.63) is 59.4 Å². The maximum absolute atomic E-state index is 11.3. The Kier molecular flexibility index (Phi) is 3.26. The summed E-state index contributed by atoms with van der Waals surface area (Å²) in [7, 11) is 0. The number of para-hydroxylation sites is 1. The van der Waals surface area contributed by atoms with E-state index in [1.807, 2.05) is 24.3 Å². The van der Waals surface area contributed by atoms with Crippen molar-refractivity contribution in [2.24, 2.45) is 0 Å². The number of rotatable bonds is 3. The predicted molar refractivity (Wildman–Crippen MR) is 86.1 cm³/mol. The third kappa shape index (κ3) is 2.44. The first kappa shape index (κ1) is 13.8. The molecular formula is C18H16N2O3. The largest absolute Gasteiger partial charge is 0.493 e. The van der Waals surface area contributed by atoms with Gasteiger partial charge in [0, 0.05) is 11.9 Å². The summed E-state index contributed by atoms with van der Waals surface area (Å²) in [6, 6.07) is 11.6. The van der Waals surface area contributed by atoms with E-state index in [0.29, 0.717) is 23.6 Å². The van der Waals surface area contributed by atoms with Gasteiger partial charge < -0.3 is 14.8 Å². The fraction of sp³-hybridized carbons (Fsp3) is 0.222. The lowest BCUT2D eigenvalue weighted by atomic mass is 9.89. The van der Waals surface area contributed by atoms with Crippen LogP contribution in [0.2, 0.25) is 0 Å². The molecule has 2 N–H and O–H groups in total. The third-order valence-corrected chi connectivity index (χ3v) is 4.36. The fourth-order valence-electron chi connectivity index (χ4n) is 3.26. The standard InChI is InChI=1S/C18H16N2O3/c21-18(22)14-5-7-19-15-10-12(20-17(14)15)9-11-6-8-23-16-4-2-1-3-13(11)16/h1-5,7,10-11,20H,6,8-9H2,(H,21,22). The Hall–Kier alpha value is -2.82. The minimum Gasteiger partial charge on any atom is -0.493 e. The van der Waals surface area contributed by atoms with Crippen molar-refractivity contribution in [2.45, 2.75) is 18.8 Å². The zero-order valence-electron chi connectivity index (χ0n) is 12.5. The van der Waals surface area contributed by atoms with E-state index in [1.54, 1.807) is 0 Å². The maximum atomic E-state index is 11.3. The SMILES string of the molecule is O=C(O)c1ccnc2cc(CC3CCOc4ccccc43)[nH]c12.